The summed E-state index contributed by atoms with van der Waals surface area (Å²) in [7, 11) is 0. The van der Waals surface area contributed by atoms with E-state index in [1.54, 1.807) is 5.56 Å². The summed E-state index contributed by atoms with van der Waals surface area (Å²) in [5, 5.41) is 8.54. The summed E-state index contributed by atoms with van der Waals surface area (Å²) in [6.07, 6.45) is 4.24. The van der Waals surface area contributed by atoms with Crippen molar-refractivity contribution in [3.8, 4) is 6.07 Å². The number of hydrogen-bond acceptors (Lipinski definition) is 2. The maximum atomic E-state index is 8.54. The maximum Gasteiger partial charge on any atom is 0.0621 e. The molecule has 0 N–H and O–H groups in total. The summed E-state index contributed by atoms with van der Waals surface area (Å²) in [5.41, 5.74) is 3.36. The maximum absolute atomic E-state index is 8.54. The number of benzene rings is 1. The van der Waals surface area contributed by atoms with E-state index in [2.05, 4.69) is 49.1 Å². The van der Waals surface area contributed by atoms with Gasteiger partial charge in [0, 0.05) is 24.9 Å². The SMILES string of the molecule is Cc1cccc(C2(C)C3CN(CCCCCC#N)CC32)c1. The van der Waals surface area contributed by atoms with Crippen LogP contribution in [0, 0.1) is 30.1 Å². The highest BCUT2D eigenvalue weighted by atomic mass is 15.2. The molecule has 2 atom stereocenters. The molecule has 1 heterocycles. The molecule has 1 saturated heterocycles. The second kappa shape index (κ2) is 5.81. The zero-order chi connectivity index (χ0) is 14.9. The molecule has 2 nitrogen and oxygen atoms in total. The zero-order valence-corrected chi connectivity index (χ0v) is 13.3. The van der Waals surface area contributed by atoms with Crippen molar-refractivity contribution in [1.29, 1.82) is 5.26 Å². The highest BCUT2D eigenvalue weighted by molar-refractivity contribution is 5.39. The third-order valence-electron chi connectivity index (χ3n) is 5.73. The number of nitriles is 1. The van der Waals surface area contributed by atoms with Gasteiger partial charge < -0.3 is 4.90 Å². The smallest absolute Gasteiger partial charge is 0.0621 e. The van der Waals surface area contributed by atoms with Gasteiger partial charge >= 0.3 is 0 Å². The highest BCUT2D eigenvalue weighted by Crippen LogP contribution is 2.63. The summed E-state index contributed by atoms with van der Waals surface area (Å²) in [5.74, 6) is 1.72. The van der Waals surface area contributed by atoms with E-state index in [0.29, 0.717) is 5.41 Å². The number of unbranched alkanes of at least 4 members (excludes halogenated alkanes) is 3. The fourth-order valence-corrected chi connectivity index (χ4v) is 4.27. The Labute approximate surface area is 128 Å². The molecule has 21 heavy (non-hydrogen) atoms. The summed E-state index contributed by atoms with van der Waals surface area (Å²) in [6, 6.07) is 11.3. The minimum absolute atomic E-state index is 0.434. The van der Waals surface area contributed by atoms with E-state index in [-0.39, 0.29) is 0 Å². The number of nitrogens with zero attached hydrogens (tertiary/aromatic N) is 2. The summed E-state index contributed by atoms with van der Waals surface area (Å²) >= 11 is 0. The van der Waals surface area contributed by atoms with E-state index >= 15 is 0 Å². The Hall–Kier alpha value is -1.33. The van der Waals surface area contributed by atoms with Crippen LogP contribution in [0.25, 0.3) is 0 Å². The number of likely N-dealkylation sites (tertiary alicyclic amines) is 1. The molecule has 3 rings (SSSR count). The van der Waals surface area contributed by atoms with Crippen molar-refractivity contribution >= 4 is 0 Å². The summed E-state index contributed by atoms with van der Waals surface area (Å²) in [4.78, 5) is 2.64. The molecule has 1 aliphatic heterocycles. The molecule has 0 amide bonds. The van der Waals surface area contributed by atoms with Crippen LogP contribution >= 0.6 is 0 Å². The second-order valence-corrected chi connectivity index (χ2v) is 7.09. The molecule has 2 fully saturated rings. The largest absolute Gasteiger partial charge is 0.303 e. The number of rotatable bonds is 6. The van der Waals surface area contributed by atoms with Crippen molar-refractivity contribution in [2.75, 3.05) is 19.6 Å². The van der Waals surface area contributed by atoms with E-state index in [1.807, 2.05) is 0 Å². The Bertz CT molecular complexity index is 531. The van der Waals surface area contributed by atoms with Gasteiger partial charge in [-0.1, -0.05) is 43.2 Å². The van der Waals surface area contributed by atoms with E-state index in [9.17, 15) is 0 Å². The molecule has 112 valence electrons. The van der Waals surface area contributed by atoms with Crippen LogP contribution in [0.5, 0.6) is 0 Å². The second-order valence-electron chi connectivity index (χ2n) is 7.09. The molecule has 0 aromatic heterocycles. The number of aryl methyl sites for hydroxylation is 1. The lowest BCUT2D eigenvalue weighted by Crippen LogP contribution is -2.29. The van der Waals surface area contributed by atoms with Gasteiger partial charge in [-0.25, -0.2) is 0 Å². The van der Waals surface area contributed by atoms with Crippen molar-refractivity contribution < 1.29 is 0 Å². The average molecular weight is 282 g/mol. The summed E-state index contributed by atoms with van der Waals surface area (Å²) < 4.78 is 0. The topological polar surface area (TPSA) is 27.0 Å². The van der Waals surface area contributed by atoms with E-state index in [4.69, 9.17) is 5.26 Å². The van der Waals surface area contributed by atoms with Crippen LogP contribution in [0.4, 0.5) is 0 Å². The van der Waals surface area contributed by atoms with E-state index < -0.39 is 0 Å². The van der Waals surface area contributed by atoms with Crippen LogP contribution in [0.15, 0.2) is 24.3 Å². The molecule has 2 heteroatoms. The van der Waals surface area contributed by atoms with Crippen LogP contribution in [0.1, 0.15) is 43.7 Å². The van der Waals surface area contributed by atoms with Gasteiger partial charge in [0.1, 0.15) is 0 Å². The number of fused-ring (bicyclic) bond motifs is 1. The lowest BCUT2D eigenvalue weighted by molar-refractivity contribution is 0.271. The molecule has 2 unspecified atom stereocenters. The van der Waals surface area contributed by atoms with Crippen molar-refractivity contribution in [1.82, 2.24) is 4.90 Å². The van der Waals surface area contributed by atoms with Gasteiger partial charge in [0.15, 0.2) is 0 Å². The van der Waals surface area contributed by atoms with Gasteiger partial charge in [-0.15, -0.1) is 0 Å². The van der Waals surface area contributed by atoms with Crippen LogP contribution in [0.2, 0.25) is 0 Å². The number of piperidine rings is 1. The Morgan fingerprint density at radius 2 is 2.00 bits per heavy atom. The van der Waals surface area contributed by atoms with Gasteiger partial charge in [-0.05, 0) is 43.7 Å². The van der Waals surface area contributed by atoms with Gasteiger partial charge in [0.05, 0.1) is 6.07 Å². The first-order valence-electron chi connectivity index (χ1n) is 8.32. The van der Waals surface area contributed by atoms with Gasteiger partial charge in [0.25, 0.3) is 0 Å². The molecule has 1 aromatic carbocycles. The normalized spacial score (nSPS) is 30.9. The lowest BCUT2D eigenvalue weighted by atomic mass is 9.91. The third-order valence-corrected chi connectivity index (χ3v) is 5.73. The predicted molar refractivity (Wildman–Crippen MR) is 86.0 cm³/mol. The zero-order valence-electron chi connectivity index (χ0n) is 13.3. The van der Waals surface area contributed by atoms with Crippen molar-refractivity contribution in [2.45, 2.75) is 44.9 Å². The first-order valence-corrected chi connectivity index (χ1v) is 8.32. The van der Waals surface area contributed by atoms with Gasteiger partial charge in [-0.2, -0.15) is 5.26 Å². The molecular formula is C19H26N2. The predicted octanol–water partition coefficient (Wildman–Crippen LogP) is 3.90. The van der Waals surface area contributed by atoms with Crippen molar-refractivity contribution in [3.05, 3.63) is 35.4 Å². The van der Waals surface area contributed by atoms with Crippen molar-refractivity contribution in [2.24, 2.45) is 11.8 Å². The molecule has 1 aromatic rings. The molecule has 0 radical (unpaired) electrons. The minimum Gasteiger partial charge on any atom is -0.303 e. The molecule has 2 aliphatic rings. The van der Waals surface area contributed by atoms with Crippen LogP contribution < -0.4 is 0 Å². The quantitative estimate of drug-likeness (QED) is 0.740. The molecule has 1 aliphatic carbocycles. The Kier molecular flexibility index (Phi) is 4.04. The highest BCUT2D eigenvalue weighted by Gasteiger charge is 2.65. The first kappa shape index (κ1) is 14.6. The minimum atomic E-state index is 0.434. The summed E-state index contributed by atoms with van der Waals surface area (Å²) in [6.45, 7) is 8.42. The fraction of sp³-hybridized carbons (Fsp3) is 0.632. The molecule has 0 bridgehead atoms. The van der Waals surface area contributed by atoms with Crippen LogP contribution in [-0.4, -0.2) is 24.5 Å². The Morgan fingerprint density at radius 3 is 2.67 bits per heavy atom. The molecule has 1 saturated carbocycles. The van der Waals surface area contributed by atoms with E-state index in [0.717, 1.165) is 24.7 Å². The average Bonchev–Trinajstić information content (AvgIpc) is 2.86. The Morgan fingerprint density at radius 1 is 1.24 bits per heavy atom. The fourth-order valence-electron chi connectivity index (χ4n) is 4.27. The Balaban J connectivity index is 1.48. The van der Waals surface area contributed by atoms with E-state index in [1.165, 1.54) is 38.0 Å². The number of hydrogen-bond donors (Lipinski definition) is 0. The molecule has 0 spiro atoms. The standard InChI is InChI=1S/C19H26N2/c1-15-8-7-9-16(12-15)19(2)17-13-21(14-18(17)19)11-6-4-3-5-10-20/h7-9,12,17-18H,3-6,11,13-14H2,1-2H3. The van der Waals surface area contributed by atoms with Crippen molar-refractivity contribution in [3.63, 3.8) is 0 Å². The van der Waals surface area contributed by atoms with Crippen LogP contribution in [-0.2, 0) is 5.41 Å². The van der Waals surface area contributed by atoms with Gasteiger partial charge in [0.2, 0.25) is 0 Å². The van der Waals surface area contributed by atoms with Gasteiger partial charge in [-0.3, -0.25) is 0 Å². The lowest BCUT2D eigenvalue weighted by Gasteiger charge is -2.24. The molecular weight excluding hydrogens is 256 g/mol. The third kappa shape index (κ3) is 2.72. The monoisotopic (exact) mass is 282 g/mol. The first-order chi connectivity index (χ1) is 10.2. The van der Waals surface area contributed by atoms with Crippen LogP contribution in [0.3, 0.4) is 0 Å².